The number of ether oxygens (including phenoxy) is 2. The van der Waals surface area contributed by atoms with Crippen molar-refractivity contribution in [1.29, 1.82) is 0 Å². The van der Waals surface area contributed by atoms with Crippen LogP contribution in [0.15, 0.2) is 24.5 Å². The van der Waals surface area contributed by atoms with Gasteiger partial charge in [0.15, 0.2) is 11.5 Å². The molecule has 2 aromatic rings. The number of pyridine rings is 1. The molecule has 0 spiro atoms. The summed E-state index contributed by atoms with van der Waals surface area (Å²) < 4.78 is 11.0. The summed E-state index contributed by atoms with van der Waals surface area (Å²) in [5.41, 5.74) is 6.88. The van der Waals surface area contributed by atoms with Crippen molar-refractivity contribution in [1.82, 2.24) is 4.98 Å². The fourth-order valence-electron chi connectivity index (χ4n) is 2.28. The highest BCUT2D eigenvalue weighted by Crippen LogP contribution is 2.38. The third-order valence-electron chi connectivity index (χ3n) is 3.34. The summed E-state index contributed by atoms with van der Waals surface area (Å²) in [6.45, 7) is 2.78. The monoisotopic (exact) mass is 260 g/mol. The maximum Gasteiger partial charge on any atom is 0.164 e. The molecular formula is C15H20N2O2. The second-order valence-corrected chi connectivity index (χ2v) is 4.73. The lowest BCUT2D eigenvalue weighted by Gasteiger charge is -2.18. The summed E-state index contributed by atoms with van der Waals surface area (Å²) in [5, 5.41) is 2.20. The predicted octanol–water partition coefficient (Wildman–Crippen LogP) is 2.39. The third kappa shape index (κ3) is 2.63. The van der Waals surface area contributed by atoms with Crippen molar-refractivity contribution in [2.24, 2.45) is 11.7 Å². The highest BCUT2D eigenvalue weighted by molar-refractivity contribution is 5.89. The molecule has 4 heteroatoms. The molecule has 0 aliphatic rings. The molecule has 0 radical (unpaired) electrons. The van der Waals surface area contributed by atoms with Crippen molar-refractivity contribution in [2.75, 3.05) is 20.8 Å². The van der Waals surface area contributed by atoms with E-state index in [1.165, 1.54) is 0 Å². The maximum atomic E-state index is 5.74. The Morgan fingerprint density at radius 2 is 2.11 bits per heavy atom. The molecular weight excluding hydrogens is 240 g/mol. The van der Waals surface area contributed by atoms with Gasteiger partial charge in [-0.2, -0.15) is 0 Å². The summed E-state index contributed by atoms with van der Waals surface area (Å²) in [7, 11) is 3.32. The van der Waals surface area contributed by atoms with Crippen LogP contribution >= 0.6 is 0 Å². The van der Waals surface area contributed by atoms with E-state index in [0.717, 1.165) is 34.3 Å². The Kier molecular flexibility index (Phi) is 4.22. The Morgan fingerprint density at radius 1 is 1.32 bits per heavy atom. The molecule has 102 valence electrons. The van der Waals surface area contributed by atoms with Gasteiger partial charge < -0.3 is 15.2 Å². The zero-order valence-electron chi connectivity index (χ0n) is 11.6. The molecule has 0 fully saturated rings. The van der Waals surface area contributed by atoms with Gasteiger partial charge in [-0.15, -0.1) is 0 Å². The standard InChI is InChI=1S/C15H20N2O2/c1-10(8-16)6-13-12-4-5-17-9-11(12)7-14(18-2)15(13)19-3/h4-5,7,9-10H,6,8,16H2,1-3H3. The van der Waals surface area contributed by atoms with Crippen LogP contribution in [0.4, 0.5) is 0 Å². The van der Waals surface area contributed by atoms with E-state index in [-0.39, 0.29) is 0 Å². The minimum absolute atomic E-state index is 0.386. The molecule has 4 nitrogen and oxygen atoms in total. The van der Waals surface area contributed by atoms with E-state index < -0.39 is 0 Å². The molecule has 1 heterocycles. The Labute approximate surface area is 113 Å². The quantitative estimate of drug-likeness (QED) is 0.896. The number of benzene rings is 1. The van der Waals surface area contributed by atoms with Gasteiger partial charge in [0.25, 0.3) is 0 Å². The van der Waals surface area contributed by atoms with Crippen molar-refractivity contribution in [2.45, 2.75) is 13.3 Å². The molecule has 0 saturated heterocycles. The summed E-state index contributed by atoms with van der Waals surface area (Å²) >= 11 is 0. The van der Waals surface area contributed by atoms with Crippen LogP contribution < -0.4 is 15.2 Å². The lowest BCUT2D eigenvalue weighted by molar-refractivity contribution is 0.351. The minimum Gasteiger partial charge on any atom is -0.493 e. The topological polar surface area (TPSA) is 57.4 Å². The van der Waals surface area contributed by atoms with Crippen molar-refractivity contribution in [3.63, 3.8) is 0 Å². The fourth-order valence-corrected chi connectivity index (χ4v) is 2.28. The highest BCUT2D eigenvalue weighted by Gasteiger charge is 2.16. The first kappa shape index (κ1) is 13.6. The molecule has 1 aromatic heterocycles. The van der Waals surface area contributed by atoms with Crippen LogP contribution in [-0.4, -0.2) is 25.7 Å². The first-order valence-corrected chi connectivity index (χ1v) is 6.38. The lowest BCUT2D eigenvalue weighted by Crippen LogP contribution is -2.14. The third-order valence-corrected chi connectivity index (χ3v) is 3.34. The van der Waals surface area contributed by atoms with Crippen LogP contribution in [0.1, 0.15) is 12.5 Å². The van der Waals surface area contributed by atoms with Gasteiger partial charge in [-0.25, -0.2) is 0 Å². The normalized spacial score (nSPS) is 12.4. The SMILES string of the molecule is COc1cc2cnccc2c(CC(C)CN)c1OC. The average molecular weight is 260 g/mol. The average Bonchev–Trinajstić information content (AvgIpc) is 2.46. The molecule has 0 amide bonds. The number of nitrogens with zero attached hydrogens (tertiary/aromatic N) is 1. The number of rotatable bonds is 5. The largest absolute Gasteiger partial charge is 0.493 e. The van der Waals surface area contributed by atoms with E-state index in [1.807, 2.05) is 18.3 Å². The first-order chi connectivity index (χ1) is 9.21. The second-order valence-electron chi connectivity index (χ2n) is 4.73. The van der Waals surface area contributed by atoms with E-state index in [2.05, 4.69) is 11.9 Å². The van der Waals surface area contributed by atoms with E-state index in [9.17, 15) is 0 Å². The number of hydrogen-bond acceptors (Lipinski definition) is 4. The van der Waals surface area contributed by atoms with Crippen LogP contribution in [0.25, 0.3) is 10.8 Å². The second kappa shape index (κ2) is 5.89. The first-order valence-electron chi connectivity index (χ1n) is 6.38. The van der Waals surface area contributed by atoms with Gasteiger partial charge in [0.2, 0.25) is 0 Å². The molecule has 19 heavy (non-hydrogen) atoms. The molecule has 2 rings (SSSR count). The van der Waals surface area contributed by atoms with E-state index >= 15 is 0 Å². The van der Waals surface area contributed by atoms with Gasteiger partial charge >= 0.3 is 0 Å². The van der Waals surface area contributed by atoms with Crippen molar-refractivity contribution >= 4 is 10.8 Å². The van der Waals surface area contributed by atoms with Crippen LogP contribution in [0.3, 0.4) is 0 Å². The van der Waals surface area contributed by atoms with Gasteiger partial charge in [0.05, 0.1) is 14.2 Å². The number of nitrogens with two attached hydrogens (primary N) is 1. The van der Waals surface area contributed by atoms with Crippen molar-refractivity contribution < 1.29 is 9.47 Å². The smallest absolute Gasteiger partial charge is 0.164 e. The van der Waals surface area contributed by atoms with Gasteiger partial charge in [0.1, 0.15) is 0 Å². The molecule has 0 aliphatic heterocycles. The van der Waals surface area contributed by atoms with Gasteiger partial charge in [0, 0.05) is 23.3 Å². The molecule has 1 aromatic carbocycles. The van der Waals surface area contributed by atoms with Crippen LogP contribution in [-0.2, 0) is 6.42 Å². The van der Waals surface area contributed by atoms with Crippen LogP contribution in [0.2, 0.25) is 0 Å². The molecule has 1 atom stereocenters. The zero-order valence-corrected chi connectivity index (χ0v) is 11.6. The summed E-state index contributed by atoms with van der Waals surface area (Å²) in [5.74, 6) is 1.92. The van der Waals surface area contributed by atoms with Crippen LogP contribution in [0.5, 0.6) is 11.5 Å². The zero-order chi connectivity index (χ0) is 13.8. The molecule has 2 N–H and O–H groups in total. The van der Waals surface area contributed by atoms with Gasteiger partial charge in [-0.3, -0.25) is 4.98 Å². The Balaban J connectivity index is 2.66. The summed E-state index contributed by atoms with van der Waals surface area (Å²) in [4.78, 5) is 4.16. The molecule has 0 aliphatic carbocycles. The predicted molar refractivity (Wildman–Crippen MR) is 76.8 cm³/mol. The summed E-state index contributed by atoms with van der Waals surface area (Å²) in [6.07, 6.45) is 4.50. The highest BCUT2D eigenvalue weighted by atomic mass is 16.5. The maximum absolute atomic E-state index is 5.74. The van der Waals surface area contributed by atoms with E-state index in [1.54, 1.807) is 20.4 Å². The Hall–Kier alpha value is -1.81. The fraction of sp³-hybridized carbons (Fsp3) is 0.400. The van der Waals surface area contributed by atoms with Crippen LogP contribution in [0, 0.1) is 5.92 Å². The Morgan fingerprint density at radius 3 is 2.74 bits per heavy atom. The van der Waals surface area contributed by atoms with E-state index in [4.69, 9.17) is 15.2 Å². The van der Waals surface area contributed by atoms with E-state index in [0.29, 0.717) is 12.5 Å². The Bertz CT molecular complexity index is 569. The number of aromatic nitrogens is 1. The molecule has 0 bridgehead atoms. The number of hydrogen-bond donors (Lipinski definition) is 1. The number of fused-ring (bicyclic) bond motifs is 1. The summed E-state index contributed by atoms with van der Waals surface area (Å²) in [6, 6.07) is 3.97. The van der Waals surface area contributed by atoms with Gasteiger partial charge in [-0.05, 0) is 36.4 Å². The van der Waals surface area contributed by atoms with Crippen molar-refractivity contribution in [3.8, 4) is 11.5 Å². The van der Waals surface area contributed by atoms with Crippen molar-refractivity contribution in [3.05, 3.63) is 30.1 Å². The molecule has 0 saturated carbocycles. The molecule has 1 unspecified atom stereocenters. The lowest BCUT2D eigenvalue weighted by atomic mass is 9.95. The number of methoxy groups -OCH3 is 2. The minimum atomic E-state index is 0.386. The van der Waals surface area contributed by atoms with Gasteiger partial charge in [-0.1, -0.05) is 6.92 Å².